The molecule has 4 heteroatoms. The summed E-state index contributed by atoms with van der Waals surface area (Å²) >= 11 is 0. The summed E-state index contributed by atoms with van der Waals surface area (Å²) in [6, 6.07) is 7.03. The molecule has 0 bridgehead atoms. The van der Waals surface area contributed by atoms with E-state index in [9.17, 15) is 0 Å². The monoisotopic (exact) mass is 233 g/mol. The molecule has 1 aromatic rings. The van der Waals surface area contributed by atoms with Crippen molar-refractivity contribution in [3.63, 3.8) is 0 Å². The quantitative estimate of drug-likeness (QED) is 0.797. The summed E-state index contributed by atoms with van der Waals surface area (Å²) in [5, 5.41) is 8.83. The molecule has 0 radical (unpaired) electrons. The van der Waals surface area contributed by atoms with Crippen LogP contribution in [0.4, 0.5) is 0 Å². The molecule has 1 aromatic heterocycles. The Labute approximate surface area is 102 Å². The third-order valence-electron chi connectivity index (χ3n) is 3.51. The van der Waals surface area contributed by atoms with Crippen LogP contribution in [0.5, 0.6) is 0 Å². The van der Waals surface area contributed by atoms with E-state index in [-0.39, 0.29) is 0 Å². The normalized spacial score (nSPS) is 26.9. The molecule has 92 valence electrons. The predicted molar refractivity (Wildman–Crippen MR) is 65.2 cm³/mol. The summed E-state index contributed by atoms with van der Waals surface area (Å²) in [4.78, 5) is 4.67. The minimum Gasteiger partial charge on any atom is -0.468 e. The van der Waals surface area contributed by atoms with Gasteiger partial charge in [-0.2, -0.15) is 5.26 Å². The lowest BCUT2D eigenvalue weighted by Gasteiger charge is -2.42. The highest BCUT2D eigenvalue weighted by molar-refractivity contribution is 5.00. The van der Waals surface area contributed by atoms with E-state index in [1.165, 1.54) is 0 Å². The number of likely N-dealkylation sites (N-methyl/N-ethyl adjacent to an activating group) is 1. The van der Waals surface area contributed by atoms with Crippen LogP contribution in [0.1, 0.15) is 19.1 Å². The van der Waals surface area contributed by atoms with Gasteiger partial charge >= 0.3 is 0 Å². The average molecular weight is 233 g/mol. The number of piperazine rings is 1. The maximum absolute atomic E-state index is 8.83. The second-order valence-electron chi connectivity index (χ2n) is 4.81. The van der Waals surface area contributed by atoms with Gasteiger partial charge in [0.1, 0.15) is 5.76 Å². The Bertz CT molecular complexity index is 382. The van der Waals surface area contributed by atoms with Gasteiger partial charge in [0, 0.05) is 25.2 Å². The van der Waals surface area contributed by atoms with Gasteiger partial charge in [-0.15, -0.1) is 0 Å². The largest absolute Gasteiger partial charge is 0.468 e. The van der Waals surface area contributed by atoms with Crippen molar-refractivity contribution in [1.82, 2.24) is 9.80 Å². The van der Waals surface area contributed by atoms with Crippen LogP contribution in [0, 0.1) is 11.3 Å². The van der Waals surface area contributed by atoms with Gasteiger partial charge in [0.25, 0.3) is 0 Å². The molecule has 0 aliphatic carbocycles. The minimum atomic E-state index is 0.339. The first-order valence-electron chi connectivity index (χ1n) is 6.04. The van der Waals surface area contributed by atoms with Crippen molar-refractivity contribution >= 4 is 0 Å². The lowest BCUT2D eigenvalue weighted by atomic mass is 10.1. The molecule has 1 saturated heterocycles. The number of hydrogen-bond acceptors (Lipinski definition) is 4. The van der Waals surface area contributed by atoms with Crippen molar-refractivity contribution < 1.29 is 4.42 Å². The van der Waals surface area contributed by atoms with E-state index in [0.717, 1.165) is 25.4 Å². The first-order chi connectivity index (χ1) is 8.20. The highest BCUT2D eigenvalue weighted by atomic mass is 16.3. The van der Waals surface area contributed by atoms with Crippen molar-refractivity contribution in [2.75, 3.05) is 20.1 Å². The van der Waals surface area contributed by atoms with Gasteiger partial charge in [-0.1, -0.05) is 0 Å². The van der Waals surface area contributed by atoms with Crippen LogP contribution in [0.3, 0.4) is 0 Å². The van der Waals surface area contributed by atoms with E-state index in [0.29, 0.717) is 18.5 Å². The van der Waals surface area contributed by atoms with Crippen molar-refractivity contribution in [3.05, 3.63) is 24.2 Å². The van der Waals surface area contributed by atoms with Gasteiger partial charge < -0.3 is 4.42 Å². The van der Waals surface area contributed by atoms with Crippen LogP contribution < -0.4 is 0 Å². The van der Waals surface area contributed by atoms with Crippen molar-refractivity contribution in [1.29, 1.82) is 5.26 Å². The number of nitriles is 1. The number of nitrogens with zero attached hydrogens (tertiary/aromatic N) is 3. The SMILES string of the molecule is CC1CN(C)C(CC#N)CN1Cc1ccco1. The van der Waals surface area contributed by atoms with Crippen molar-refractivity contribution in [2.45, 2.75) is 32.0 Å². The number of hydrogen-bond donors (Lipinski definition) is 0. The minimum absolute atomic E-state index is 0.339. The summed E-state index contributed by atoms with van der Waals surface area (Å²) in [7, 11) is 2.10. The van der Waals surface area contributed by atoms with Crippen LogP contribution in [0.25, 0.3) is 0 Å². The van der Waals surface area contributed by atoms with Gasteiger partial charge in [-0.25, -0.2) is 0 Å². The highest BCUT2D eigenvalue weighted by Crippen LogP contribution is 2.18. The average Bonchev–Trinajstić information content (AvgIpc) is 2.78. The lowest BCUT2D eigenvalue weighted by molar-refractivity contribution is 0.0444. The van der Waals surface area contributed by atoms with Crippen molar-refractivity contribution in [3.8, 4) is 6.07 Å². The molecular weight excluding hydrogens is 214 g/mol. The van der Waals surface area contributed by atoms with Gasteiger partial charge in [-0.3, -0.25) is 9.80 Å². The molecule has 17 heavy (non-hydrogen) atoms. The third-order valence-corrected chi connectivity index (χ3v) is 3.51. The van der Waals surface area contributed by atoms with Gasteiger partial charge in [0.15, 0.2) is 0 Å². The molecule has 4 nitrogen and oxygen atoms in total. The van der Waals surface area contributed by atoms with Crippen LogP contribution in [-0.4, -0.2) is 42.0 Å². The van der Waals surface area contributed by atoms with E-state index in [1.54, 1.807) is 6.26 Å². The summed E-state index contributed by atoms with van der Waals surface area (Å²) in [6.07, 6.45) is 2.31. The van der Waals surface area contributed by atoms with Crippen LogP contribution in [0.2, 0.25) is 0 Å². The molecule has 1 aliphatic rings. The van der Waals surface area contributed by atoms with E-state index in [4.69, 9.17) is 9.68 Å². The van der Waals surface area contributed by atoms with Gasteiger partial charge in [0.2, 0.25) is 0 Å². The molecule has 2 heterocycles. The first kappa shape index (κ1) is 12.2. The third kappa shape index (κ3) is 2.87. The number of furan rings is 1. The second-order valence-corrected chi connectivity index (χ2v) is 4.81. The Balaban J connectivity index is 1.99. The van der Waals surface area contributed by atoms with Crippen LogP contribution in [-0.2, 0) is 6.54 Å². The number of rotatable bonds is 3. The van der Waals surface area contributed by atoms with Crippen molar-refractivity contribution in [2.24, 2.45) is 0 Å². The van der Waals surface area contributed by atoms with E-state index in [2.05, 4.69) is 29.8 Å². The zero-order chi connectivity index (χ0) is 12.3. The second kappa shape index (κ2) is 5.35. The summed E-state index contributed by atoms with van der Waals surface area (Å²) in [5.41, 5.74) is 0. The fraction of sp³-hybridized carbons (Fsp3) is 0.615. The van der Waals surface area contributed by atoms with Gasteiger partial charge in [0.05, 0.1) is 25.3 Å². The molecule has 1 aliphatic heterocycles. The Morgan fingerprint density at radius 1 is 1.53 bits per heavy atom. The smallest absolute Gasteiger partial charge is 0.117 e. The standard InChI is InChI=1S/C13H19N3O/c1-11-8-15(2)12(5-6-14)9-16(11)10-13-4-3-7-17-13/h3-4,7,11-12H,5,8-10H2,1-2H3. The maximum atomic E-state index is 8.83. The van der Waals surface area contributed by atoms with Gasteiger partial charge in [-0.05, 0) is 26.1 Å². The Morgan fingerprint density at radius 3 is 3.00 bits per heavy atom. The molecule has 0 aromatic carbocycles. The van der Waals surface area contributed by atoms with E-state index < -0.39 is 0 Å². The summed E-state index contributed by atoms with van der Waals surface area (Å²) < 4.78 is 5.39. The molecular formula is C13H19N3O. The summed E-state index contributed by atoms with van der Waals surface area (Å²) in [6.45, 7) is 5.00. The molecule has 2 rings (SSSR count). The molecule has 0 amide bonds. The van der Waals surface area contributed by atoms with E-state index >= 15 is 0 Å². The van der Waals surface area contributed by atoms with Crippen LogP contribution in [0.15, 0.2) is 22.8 Å². The zero-order valence-electron chi connectivity index (χ0n) is 10.5. The fourth-order valence-corrected chi connectivity index (χ4v) is 2.42. The molecule has 1 fully saturated rings. The predicted octanol–water partition coefficient (Wildman–Crippen LogP) is 1.70. The first-order valence-corrected chi connectivity index (χ1v) is 6.04. The molecule has 0 N–H and O–H groups in total. The summed E-state index contributed by atoms with van der Waals surface area (Å²) in [5.74, 6) is 0.997. The topological polar surface area (TPSA) is 43.4 Å². The Hall–Kier alpha value is -1.31. The van der Waals surface area contributed by atoms with E-state index in [1.807, 2.05) is 12.1 Å². The molecule has 0 spiro atoms. The molecule has 2 unspecified atom stereocenters. The Kier molecular flexibility index (Phi) is 3.82. The van der Waals surface area contributed by atoms with Crippen LogP contribution >= 0.6 is 0 Å². The fourth-order valence-electron chi connectivity index (χ4n) is 2.42. The highest BCUT2D eigenvalue weighted by Gasteiger charge is 2.29. The Morgan fingerprint density at radius 2 is 2.35 bits per heavy atom. The molecule has 0 saturated carbocycles. The maximum Gasteiger partial charge on any atom is 0.117 e. The zero-order valence-corrected chi connectivity index (χ0v) is 10.5. The molecule has 2 atom stereocenters. The lowest BCUT2D eigenvalue weighted by Crippen LogP contribution is -2.55.